The number of anilines is 1. The van der Waals surface area contributed by atoms with Crippen LogP contribution in [0, 0.1) is 6.92 Å². The maximum atomic E-state index is 12.8. The Hall–Kier alpha value is -2.97. The summed E-state index contributed by atoms with van der Waals surface area (Å²) in [7, 11) is 0. The van der Waals surface area contributed by atoms with Gasteiger partial charge in [-0.25, -0.2) is 0 Å². The van der Waals surface area contributed by atoms with Gasteiger partial charge in [0, 0.05) is 37.4 Å². The van der Waals surface area contributed by atoms with Crippen molar-refractivity contribution in [3.63, 3.8) is 0 Å². The van der Waals surface area contributed by atoms with Crippen molar-refractivity contribution in [3.05, 3.63) is 64.1 Å². The molecule has 1 aromatic heterocycles. The third-order valence-electron chi connectivity index (χ3n) is 4.83. The monoisotopic (exact) mass is 398 g/mol. The molecule has 2 heterocycles. The van der Waals surface area contributed by atoms with Gasteiger partial charge in [-0.1, -0.05) is 18.2 Å². The summed E-state index contributed by atoms with van der Waals surface area (Å²) in [6.45, 7) is 6.06. The van der Waals surface area contributed by atoms with Gasteiger partial charge < -0.3 is 19.9 Å². The standard InChI is InChI=1S/C21H26N4O4/c1-16-7-8-18(23-20(27)17-5-3-2-4-6-17)21(28)25(16)15-19(26)22-9-10-24-11-13-29-14-12-24/h2-8H,9-15H2,1H3,(H,22,26)(H,23,27). The summed E-state index contributed by atoms with van der Waals surface area (Å²) >= 11 is 0. The molecule has 1 aliphatic heterocycles. The lowest BCUT2D eigenvalue weighted by molar-refractivity contribution is -0.121. The summed E-state index contributed by atoms with van der Waals surface area (Å²) in [5, 5.41) is 5.48. The van der Waals surface area contributed by atoms with Gasteiger partial charge in [0.25, 0.3) is 11.5 Å². The second-order valence-electron chi connectivity index (χ2n) is 6.90. The van der Waals surface area contributed by atoms with E-state index in [0.717, 1.165) is 19.6 Å². The van der Waals surface area contributed by atoms with Crippen LogP contribution < -0.4 is 16.2 Å². The number of hydrogen-bond acceptors (Lipinski definition) is 5. The zero-order valence-corrected chi connectivity index (χ0v) is 16.5. The van der Waals surface area contributed by atoms with Gasteiger partial charge in [0.1, 0.15) is 12.2 Å². The number of rotatable bonds is 7. The Balaban J connectivity index is 1.60. The first-order valence-electron chi connectivity index (χ1n) is 9.68. The minimum absolute atomic E-state index is 0.0944. The van der Waals surface area contributed by atoms with E-state index in [1.165, 1.54) is 4.57 Å². The number of amides is 2. The molecule has 2 aromatic rings. The normalized spacial score (nSPS) is 14.4. The van der Waals surface area contributed by atoms with E-state index in [1.807, 2.05) is 6.07 Å². The van der Waals surface area contributed by atoms with Crippen LogP contribution in [0.5, 0.6) is 0 Å². The van der Waals surface area contributed by atoms with E-state index in [4.69, 9.17) is 4.74 Å². The molecular weight excluding hydrogens is 372 g/mol. The first-order chi connectivity index (χ1) is 14.0. The molecule has 154 valence electrons. The molecule has 0 atom stereocenters. The fraction of sp³-hybridized carbons (Fsp3) is 0.381. The Morgan fingerprint density at radius 1 is 1.07 bits per heavy atom. The van der Waals surface area contributed by atoms with Crippen LogP contribution in [0.2, 0.25) is 0 Å². The highest BCUT2D eigenvalue weighted by atomic mass is 16.5. The summed E-state index contributed by atoms with van der Waals surface area (Å²) in [6.07, 6.45) is 0. The lowest BCUT2D eigenvalue weighted by Gasteiger charge is -2.26. The number of nitrogens with one attached hydrogen (secondary N) is 2. The van der Waals surface area contributed by atoms with E-state index in [0.29, 0.717) is 31.0 Å². The van der Waals surface area contributed by atoms with E-state index in [-0.39, 0.29) is 24.0 Å². The zero-order valence-electron chi connectivity index (χ0n) is 16.5. The van der Waals surface area contributed by atoms with E-state index in [1.54, 1.807) is 43.3 Å². The summed E-state index contributed by atoms with van der Waals surface area (Å²) in [4.78, 5) is 39.6. The topological polar surface area (TPSA) is 92.7 Å². The summed E-state index contributed by atoms with van der Waals surface area (Å²) in [5.74, 6) is -0.608. The number of nitrogens with zero attached hydrogens (tertiary/aromatic N) is 2. The molecule has 0 spiro atoms. The van der Waals surface area contributed by atoms with Crippen molar-refractivity contribution < 1.29 is 14.3 Å². The fourth-order valence-electron chi connectivity index (χ4n) is 3.12. The molecule has 0 bridgehead atoms. The van der Waals surface area contributed by atoms with Crippen molar-refractivity contribution >= 4 is 17.5 Å². The SMILES string of the molecule is Cc1ccc(NC(=O)c2ccccc2)c(=O)n1CC(=O)NCCN1CCOCC1. The van der Waals surface area contributed by atoms with Crippen molar-refractivity contribution in [2.75, 3.05) is 44.7 Å². The Labute approximate surface area is 169 Å². The van der Waals surface area contributed by atoms with Crippen LogP contribution in [0.1, 0.15) is 16.1 Å². The van der Waals surface area contributed by atoms with Gasteiger partial charge in [-0.3, -0.25) is 19.3 Å². The van der Waals surface area contributed by atoms with Gasteiger partial charge in [-0.2, -0.15) is 0 Å². The van der Waals surface area contributed by atoms with E-state index < -0.39 is 5.56 Å². The number of carbonyl (C=O) groups excluding carboxylic acids is 2. The molecule has 1 saturated heterocycles. The highest BCUT2D eigenvalue weighted by molar-refractivity contribution is 6.04. The van der Waals surface area contributed by atoms with Crippen molar-refractivity contribution in [2.45, 2.75) is 13.5 Å². The van der Waals surface area contributed by atoms with Crippen molar-refractivity contribution in [1.82, 2.24) is 14.8 Å². The highest BCUT2D eigenvalue weighted by Crippen LogP contribution is 2.07. The predicted molar refractivity (Wildman–Crippen MR) is 110 cm³/mol. The number of ether oxygens (including phenoxy) is 1. The molecule has 29 heavy (non-hydrogen) atoms. The quantitative estimate of drug-likeness (QED) is 0.722. The summed E-state index contributed by atoms with van der Waals surface area (Å²) in [6, 6.07) is 11.9. The van der Waals surface area contributed by atoms with Gasteiger partial charge in [-0.15, -0.1) is 0 Å². The lowest BCUT2D eigenvalue weighted by atomic mass is 10.2. The average Bonchev–Trinajstić information content (AvgIpc) is 2.74. The number of morpholine rings is 1. The van der Waals surface area contributed by atoms with Gasteiger partial charge in [0.2, 0.25) is 5.91 Å². The van der Waals surface area contributed by atoms with Crippen LogP contribution >= 0.6 is 0 Å². The minimum Gasteiger partial charge on any atom is -0.379 e. The van der Waals surface area contributed by atoms with Crippen LogP contribution in [0.4, 0.5) is 5.69 Å². The number of carbonyl (C=O) groups is 2. The molecule has 0 aliphatic carbocycles. The Morgan fingerprint density at radius 2 is 1.79 bits per heavy atom. The van der Waals surface area contributed by atoms with Gasteiger partial charge in [-0.05, 0) is 31.2 Å². The van der Waals surface area contributed by atoms with Crippen molar-refractivity contribution in [3.8, 4) is 0 Å². The van der Waals surface area contributed by atoms with Crippen LogP contribution in [0.15, 0.2) is 47.3 Å². The number of pyridine rings is 1. The molecule has 1 aliphatic rings. The predicted octanol–water partition coefficient (Wildman–Crippen LogP) is 0.857. The maximum absolute atomic E-state index is 12.8. The molecule has 2 N–H and O–H groups in total. The summed E-state index contributed by atoms with van der Waals surface area (Å²) in [5.41, 5.74) is 0.846. The smallest absolute Gasteiger partial charge is 0.274 e. The van der Waals surface area contributed by atoms with Crippen LogP contribution in [0.3, 0.4) is 0 Å². The molecule has 1 fully saturated rings. The molecule has 2 amide bonds. The first-order valence-corrected chi connectivity index (χ1v) is 9.68. The average molecular weight is 398 g/mol. The molecule has 8 heteroatoms. The third-order valence-corrected chi connectivity index (χ3v) is 4.83. The zero-order chi connectivity index (χ0) is 20.6. The van der Waals surface area contributed by atoms with Crippen LogP contribution in [-0.4, -0.2) is 60.7 Å². The number of aryl methyl sites for hydroxylation is 1. The third kappa shape index (κ3) is 5.75. The van der Waals surface area contributed by atoms with Gasteiger partial charge in [0.15, 0.2) is 0 Å². The molecule has 0 radical (unpaired) electrons. The van der Waals surface area contributed by atoms with Crippen LogP contribution in [-0.2, 0) is 16.1 Å². The number of benzene rings is 1. The van der Waals surface area contributed by atoms with Crippen molar-refractivity contribution in [1.29, 1.82) is 0 Å². The van der Waals surface area contributed by atoms with Crippen LogP contribution in [0.25, 0.3) is 0 Å². The Morgan fingerprint density at radius 3 is 2.52 bits per heavy atom. The Bertz CT molecular complexity index is 905. The molecule has 8 nitrogen and oxygen atoms in total. The van der Waals surface area contributed by atoms with E-state index in [9.17, 15) is 14.4 Å². The summed E-state index contributed by atoms with van der Waals surface area (Å²) < 4.78 is 6.67. The molecule has 0 saturated carbocycles. The molecule has 0 unspecified atom stereocenters. The van der Waals surface area contributed by atoms with E-state index in [2.05, 4.69) is 15.5 Å². The number of hydrogen-bond donors (Lipinski definition) is 2. The number of aromatic nitrogens is 1. The Kier molecular flexibility index (Phi) is 7.15. The molecule has 3 rings (SSSR count). The highest BCUT2D eigenvalue weighted by Gasteiger charge is 2.14. The first kappa shape index (κ1) is 20.8. The lowest BCUT2D eigenvalue weighted by Crippen LogP contribution is -2.42. The second kappa shape index (κ2) is 9.99. The molecular formula is C21H26N4O4. The largest absolute Gasteiger partial charge is 0.379 e. The van der Waals surface area contributed by atoms with Gasteiger partial charge in [0.05, 0.1) is 13.2 Å². The van der Waals surface area contributed by atoms with Gasteiger partial charge >= 0.3 is 0 Å². The maximum Gasteiger partial charge on any atom is 0.274 e. The molecule has 1 aromatic carbocycles. The fourth-order valence-corrected chi connectivity index (χ4v) is 3.12. The van der Waals surface area contributed by atoms with Crippen molar-refractivity contribution in [2.24, 2.45) is 0 Å². The minimum atomic E-state index is -0.405. The van der Waals surface area contributed by atoms with E-state index >= 15 is 0 Å². The second-order valence-corrected chi connectivity index (χ2v) is 6.90.